The highest BCUT2D eigenvalue weighted by molar-refractivity contribution is 9.10. The van der Waals surface area contributed by atoms with Gasteiger partial charge < -0.3 is 15.5 Å². The van der Waals surface area contributed by atoms with Gasteiger partial charge in [-0.3, -0.25) is 9.59 Å². The predicted octanol–water partition coefficient (Wildman–Crippen LogP) is 3.03. The SMILES string of the molecule is CCN(CC(=O)NCC(=O)Nc1ccc(Br)cc1)c1ccccc1. The molecule has 2 N–H and O–H groups in total. The van der Waals surface area contributed by atoms with Gasteiger partial charge in [-0.2, -0.15) is 0 Å². The van der Waals surface area contributed by atoms with E-state index in [-0.39, 0.29) is 24.9 Å². The third kappa shape index (κ3) is 5.70. The van der Waals surface area contributed by atoms with Gasteiger partial charge in [-0.25, -0.2) is 0 Å². The summed E-state index contributed by atoms with van der Waals surface area (Å²) in [5, 5.41) is 5.38. The molecule has 126 valence electrons. The van der Waals surface area contributed by atoms with Crippen molar-refractivity contribution in [2.75, 3.05) is 29.9 Å². The van der Waals surface area contributed by atoms with Crippen LogP contribution in [0.5, 0.6) is 0 Å². The molecule has 2 aromatic rings. The van der Waals surface area contributed by atoms with Gasteiger partial charge in [0.25, 0.3) is 0 Å². The topological polar surface area (TPSA) is 61.4 Å². The molecule has 2 amide bonds. The van der Waals surface area contributed by atoms with Crippen LogP contribution in [0.15, 0.2) is 59.1 Å². The maximum atomic E-state index is 12.0. The lowest BCUT2D eigenvalue weighted by molar-refractivity contribution is -0.123. The van der Waals surface area contributed by atoms with E-state index in [9.17, 15) is 9.59 Å². The number of para-hydroxylation sites is 1. The summed E-state index contributed by atoms with van der Waals surface area (Å²) in [4.78, 5) is 25.9. The van der Waals surface area contributed by atoms with Crippen LogP contribution >= 0.6 is 15.9 Å². The highest BCUT2D eigenvalue weighted by atomic mass is 79.9. The Morgan fingerprint density at radius 3 is 2.29 bits per heavy atom. The van der Waals surface area contributed by atoms with Crippen molar-refractivity contribution in [1.82, 2.24) is 5.32 Å². The average molecular weight is 390 g/mol. The van der Waals surface area contributed by atoms with E-state index in [0.717, 1.165) is 10.2 Å². The molecule has 0 aliphatic heterocycles. The van der Waals surface area contributed by atoms with Gasteiger partial charge in [-0.1, -0.05) is 34.1 Å². The van der Waals surface area contributed by atoms with Gasteiger partial charge in [-0.15, -0.1) is 0 Å². The molecule has 0 fully saturated rings. The normalized spacial score (nSPS) is 10.1. The molecule has 0 heterocycles. The molecule has 2 rings (SSSR count). The van der Waals surface area contributed by atoms with Gasteiger partial charge in [0.15, 0.2) is 0 Å². The van der Waals surface area contributed by atoms with Crippen LogP contribution in [0.3, 0.4) is 0 Å². The number of hydrogen-bond donors (Lipinski definition) is 2. The van der Waals surface area contributed by atoms with Crippen molar-refractivity contribution in [1.29, 1.82) is 0 Å². The summed E-state index contributed by atoms with van der Waals surface area (Å²) in [6.45, 7) is 2.86. The Morgan fingerprint density at radius 1 is 1.00 bits per heavy atom. The molecule has 0 aromatic heterocycles. The van der Waals surface area contributed by atoms with Gasteiger partial charge in [0, 0.05) is 22.4 Å². The summed E-state index contributed by atoms with van der Waals surface area (Å²) in [5.41, 5.74) is 1.67. The molecular weight excluding hydrogens is 370 g/mol. The van der Waals surface area contributed by atoms with E-state index in [1.165, 1.54) is 0 Å². The molecule has 24 heavy (non-hydrogen) atoms. The van der Waals surface area contributed by atoms with Crippen molar-refractivity contribution >= 4 is 39.1 Å². The van der Waals surface area contributed by atoms with Crippen LogP contribution in [0.4, 0.5) is 11.4 Å². The van der Waals surface area contributed by atoms with Crippen LogP contribution in [0, 0.1) is 0 Å². The molecule has 0 atom stereocenters. The zero-order valence-corrected chi connectivity index (χ0v) is 15.0. The lowest BCUT2D eigenvalue weighted by Crippen LogP contribution is -2.40. The van der Waals surface area contributed by atoms with Crippen LogP contribution in [0.2, 0.25) is 0 Å². The number of benzene rings is 2. The Bertz CT molecular complexity index is 674. The van der Waals surface area contributed by atoms with E-state index >= 15 is 0 Å². The third-order valence-electron chi connectivity index (χ3n) is 3.41. The molecule has 0 radical (unpaired) electrons. The number of nitrogens with one attached hydrogen (secondary N) is 2. The fraction of sp³-hybridized carbons (Fsp3) is 0.222. The first-order chi connectivity index (χ1) is 11.6. The number of halogens is 1. The van der Waals surface area contributed by atoms with Crippen molar-refractivity contribution in [3.05, 3.63) is 59.1 Å². The zero-order valence-electron chi connectivity index (χ0n) is 13.5. The van der Waals surface area contributed by atoms with Crippen LogP contribution < -0.4 is 15.5 Å². The van der Waals surface area contributed by atoms with Crippen molar-refractivity contribution in [2.24, 2.45) is 0 Å². The Morgan fingerprint density at radius 2 is 1.67 bits per heavy atom. The molecule has 0 saturated heterocycles. The second-order valence-electron chi connectivity index (χ2n) is 5.18. The Balaban J connectivity index is 1.79. The van der Waals surface area contributed by atoms with Crippen LogP contribution in [-0.2, 0) is 9.59 Å². The molecule has 0 aliphatic rings. The van der Waals surface area contributed by atoms with E-state index in [2.05, 4.69) is 26.6 Å². The molecule has 0 bridgehead atoms. The molecule has 0 aliphatic carbocycles. The number of nitrogens with zero attached hydrogens (tertiary/aromatic N) is 1. The largest absolute Gasteiger partial charge is 0.363 e. The van der Waals surface area contributed by atoms with Gasteiger partial charge in [-0.05, 0) is 43.3 Å². The molecule has 2 aromatic carbocycles. The number of amides is 2. The first-order valence-electron chi connectivity index (χ1n) is 7.70. The smallest absolute Gasteiger partial charge is 0.243 e. The third-order valence-corrected chi connectivity index (χ3v) is 3.94. The fourth-order valence-electron chi connectivity index (χ4n) is 2.17. The molecular formula is C18H20BrN3O2. The lowest BCUT2D eigenvalue weighted by Gasteiger charge is -2.22. The summed E-state index contributed by atoms with van der Waals surface area (Å²) in [6.07, 6.45) is 0. The quantitative estimate of drug-likeness (QED) is 0.764. The maximum Gasteiger partial charge on any atom is 0.243 e. The summed E-state index contributed by atoms with van der Waals surface area (Å²) >= 11 is 3.34. The summed E-state index contributed by atoms with van der Waals surface area (Å²) in [6, 6.07) is 17.0. The zero-order chi connectivity index (χ0) is 17.4. The minimum Gasteiger partial charge on any atom is -0.363 e. The fourth-order valence-corrected chi connectivity index (χ4v) is 2.44. The average Bonchev–Trinajstić information content (AvgIpc) is 2.60. The molecule has 5 nitrogen and oxygen atoms in total. The molecule has 0 unspecified atom stereocenters. The number of anilines is 2. The Hall–Kier alpha value is -2.34. The summed E-state index contributed by atoms with van der Waals surface area (Å²) < 4.78 is 0.939. The number of likely N-dealkylation sites (N-methyl/N-ethyl adjacent to an activating group) is 1. The first-order valence-corrected chi connectivity index (χ1v) is 8.50. The van der Waals surface area contributed by atoms with Crippen LogP contribution in [-0.4, -0.2) is 31.4 Å². The van der Waals surface area contributed by atoms with E-state index < -0.39 is 0 Å². The standard InChI is InChI=1S/C18H20BrN3O2/c1-2-22(16-6-4-3-5-7-16)13-18(24)20-12-17(23)21-15-10-8-14(19)9-11-15/h3-11H,2,12-13H2,1H3,(H,20,24)(H,21,23). The summed E-state index contributed by atoms with van der Waals surface area (Å²) in [5.74, 6) is -0.444. The van der Waals surface area contributed by atoms with E-state index in [0.29, 0.717) is 12.2 Å². The minimum atomic E-state index is -0.256. The molecule has 0 saturated carbocycles. The Labute approximate surface area is 150 Å². The molecule has 6 heteroatoms. The Kier molecular flexibility index (Phi) is 6.81. The summed E-state index contributed by atoms with van der Waals surface area (Å²) in [7, 11) is 0. The highest BCUT2D eigenvalue weighted by Crippen LogP contribution is 2.14. The second-order valence-corrected chi connectivity index (χ2v) is 6.10. The van der Waals surface area contributed by atoms with Crippen molar-refractivity contribution in [3.8, 4) is 0 Å². The van der Waals surface area contributed by atoms with E-state index in [4.69, 9.17) is 0 Å². The van der Waals surface area contributed by atoms with Crippen molar-refractivity contribution < 1.29 is 9.59 Å². The maximum absolute atomic E-state index is 12.0. The number of rotatable bonds is 7. The highest BCUT2D eigenvalue weighted by Gasteiger charge is 2.11. The minimum absolute atomic E-state index is 0.0543. The van der Waals surface area contributed by atoms with Gasteiger partial charge in [0.2, 0.25) is 11.8 Å². The number of hydrogen-bond acceptors (Lipinski definition) is 3. The van der Waals surface area contributed by atoms with Gasteiger partial charge >= 0.3 is 0 Å². The second kappa shape index (κ2) is 9.08. The van der Waals surface area contributed by atoms with E-state index in [1.54, 1.807) is 12.1 Å². The predicted molar refractivity (Wildman–Crippen MR) is 100 cm³/mol. The van der Waals surface area contributed by atoms with Crippen LogP contribution in [0.25, 0.3) is 0 Å². The molecule has 0 spiro atoms. The monoisotopic (exact) mass is 389 g/mol. The van der Waals surface area contributed by atoms with Gasteiger partial charge in [0.05, 0.1) is 13.1 Å². The van der Waals surface area contributed by atoms with Crippen molar-refractivity contribution in [3.63, 3.8) is 0 Å². The van der Waals surface area contributed by atoms with Gasteiger partial charge in [0.1, 0.15) is 0 Å². The van der Waals surface area contributed by atoms with Crippen LogP contribution in [0.1, 0.15) is 6.92 Å². The number of carbonyl (C=O) groups excluding carboxylic acids is 2. The number of carbonyl (C=O) groups is 2. The lowest BCUT2D eigenvalue weighted by atomic mass is 10.3. The van der Waals surface area contributed by atoms with E-state index in [1.807, 2.05) is 54.3 Å². The first kappa shape index (κ1) is 18.0. The van der Waals surface area contributed by atoms with Crippen molar-refractivity contribution in [2.45, 2.75) is 6.92 Å².